The molecular weight excluding hydrogens is 1330 g/mol. The van der Waals surface area contributed by atoms with Crippen LogP contribution in [0.25, 0.3) is 21.5 Å². The van der Waals surface area contributed by atoms with Crippen molar-refractivity contribution in [3.05, 3.63) is 202 Å². The summed E-state index contributed by atoms with van der Waals surface area (Å²) in [7, 11) is -11.6. The maximum atomic E-state index is 11.6. The molecule has 22 nitrogen and oxygen atoms in total. The molecule has 0 spiro atoms. The third-order valence-electron chi connectivity index (χ3n) is 14.3. The first-order chi connectivity index (χ1) is 41.2. The van der Waals surface area contributed by atoms with Crippen LogP contribution < -0.4 is 26.7 Å². The number of hydrogen-bond acceptors (Lipinski definition) is 17. The number of primary sulfonamides is 4. The van der Waals surface area contributed by atoms with Crippen molar-refractivity contribution in [1.82, 2.24) is 6.15 Å². The molecule has 0 radical (unpaired) electrons. The van der Waals surface area contributed by atoms with Crippen LogP contribution in [-0.4, -0.2) is 79.1 Å². The van der Waals surface area contributed by atoms with Crippen LogP contribution in [0.4, 0.5) is 0 Å². The van der Waals surface area contributed by atoms with E-state index < -0.39 is 58.2 Å². The Morgan fingerprint density at radius 1 is 0.300 bits per heavy atom. The van der Waals surface area contributed by atoms with E-state index in [9.17, 15) is 69.7 Å². The first-order valence-electron chi connectivity index (χ1n) is 26.7. The number of sulfonamides is 4. The predicted molar refractivity (Wildman–Crippen MR) is 343 cm³/mol. The number of Topliss-reactive ketones (excluding diaryl/α,β-unsaturated/α-hetero) is 4. The van der Waals surface area contributed by atoms with Crippen molar-refractivity contribution in [2.24, 2.45) is 20.6 Å². The van der Waals surface area contributed by atoms with Gasteiger partial charge in [-0.3, -0.25) is 19.2 Å². The Bertz CT molecular complexity index is 4490. The van der Waals surface area contributed by atoms with Crippen molar-refractivity contribution < 1.29 is 75.2 Å². The normalized spacial score (nSPS) is 14.5. The highest BCUT2D eigenvalue weighted by atomic mass is 35.7. The van der Waals surface area contributed by atoms with E-state index in [-0.39, 0.29) is 102 Å². The fraction of sp³-hybridized carbons (Fsp3) is 0.200. The molecule has 0 fully saturated rings. The standard InChI is InChI=1S/2C10H11ClO2S.2C10H9NO4S.2C10H9NO2S.H3N.H2O/c2*11-14(12,13)10-7-3-5-8-4-1-2-6-9(8)10;2*11-16(14,15)9-3-1-2-6-7(12)4-5-8(13)10(6)9;2*11-14(12,13)10-7-3-5-8-4-1-2-6-9(8)10;;/h2*3,5,7H,1-2,4,6H2;2*1-3H,4-5H2,(H2,11,14,15);2*1-7H,(H2,11,12,13);1H3;1H2. The van der Waals surface area contributed by atoms with Crippen molar-refractivity contribution in [3.63, 3.8) is 0 Å². The lowest BCUT2D eigenvalue weighted by Gasteiger charge is -2.17. The van der Waals surface area contributed by atoms with Crippen molar-refractivity contribution in [3.8, 4) is 0 Å². The average molecular weight is 1390 g/mol. The van der Waals surface area contributed by atoms with Crippen molar-refractivity contribution >= 4 is 124 Å². The summed E-state index contributed by atoms with van der Waals surface area (Å²) < 4.78 is 135. The number of halogens is 2. The van der Waals surface area contributed by atoms with Gasteiger partial charge in [-0.1, -0.05) is 121 Å². The van der Waals surface area contributed by atoms with Crippen LogP contribution >= 0.6 is 21.4 Å². The van der Waals surface area contributed by atoms with E-state index >= 15 is 0 Å². The SMILES string of the molecule is N.NS(=O)(=O)c1cccc2c1C(=O)CCC2=O.NS(=O)(=O)c1cccc2c1C(=O)CCC2=O.NS(=O)(=O)c1cccc2ccccc12.NS(=O)(=O)c1cccc2ccccc12.O.O=S(=O)(Cl)c1cccc2c1CCCC2.O=S(=O)(Cl)c1cccc2c1CCCC2. The van der Waals surface area contributed by atoms with Crippen LogP contribution in [0.15, 0.2) is 187 Å². The topological polar surface area (TPSA) is 444 Å². The van der Waals surface area contributed by atoms with Crippen LogP contribution in [0.1, 0.15) is 115 Å². The average Bonchev–Trinajstić information content (AvgIpc) is 0.841. The molecule has 8 aromatic rings. The zero-order valence-electron chi connectivity index (χ0n) is 47.8. The minimum atomic E-state index is -3.97. The van der Waals surface area contributed by atoms with Gasteiger partial charge in [-0.05, 0) is 121 Å². The van der Waals surface area contributed by atoms with Gasteiger partial charge in [0.15, 0.2) is 23.1 Å². The lowest BCUT2D eigenvalue weighted by molar-refractivity contribution is 0.0887. The van der Waals surface area contributed by atoms with Crippen LogP contribution in [-0.2, 0) is 83.9 Å². The molecule has 480 valence electrons. The number of fused-ring (bicyclic) bond motifs is 6. The first-order valence-corrected chi connectivity index (χ1v) is 37.5. The molecule has 0 saturated carbocycles. The lowest BCUT2D eigenvalue weighted by Crippen LogP contribution is -2.23. The van der Waals surface area contributed by atoms with Gasteiger partial charge >= 0.3 is 0 Å². The van der Waals surface area contributed by atoms with Crippen LogP contribution in [0.5, 0.6) is 0 Å². The number of ketones is 4. The van der Waals surface area contributed by atoms with Gasteiger partial charge in [0.05, 0.1) is 29.4 Å². The molecule has 0 aliphatic heterocycles. The Hall–Kier alpha value is -7.00. The van der Waals surface area contributed by atoms with E-state index in [4.69, 9.17) is 41.9 Å². The molecule has 0 atom stereocenters. The van der Waals surface area contributed by atoms with E-state index in [0.29, 0.717) is 20.6 Å². The molecule has 0 saturated heterocycles. The summed E-state index contributed by atoms with van der Waals surface area (Å²) in [6, 6.07) is 43.5. The molecule has 0 heterocycles. The molecule has 0 unspecified atom stereocenters. The molecule has 4 aliphatic carbocycles. The Balaban J connectivity index is 0.000000196. The highest BCUT2D eigenvalue weighted by molar-refractivity contribution is 8.14. The highest BCUT2D eigenvalue weighted by Gasteiger charge is 2.31. The van der Waals surface area contributed by atoms with Gasteiger partial charge in [-0.15, -0.1) is 0 Å². The smallest absolute Gasteiger partial charge is 0.261 e. The van der Waals surface area contributed by atoms with E-state index in [0.717, 1.165) is 84.4 Å². The summed E-state index contributed by atoms with van der Waals surface area (Å²) in [6.45, 7) is 0. The monoisotopic (exact) mass is 1390 g/mol. The van der Waals surface area contributed by atoms with E-state index in [2.05, 4.69) is 0 Å². The fourth-order valence-electron chi connectivity index (χ4n) is 10.4. The van der Waals surface area contributed by atoms with Gasteiger partial charge in [-0.25, -0.2) is 71.1 Å². The Labute approximate surface area is 530 Å². The maximum absolute atomic E-state index is 11.6. The number of nitrogens with two attached hydrogens (primary N) is 4. The third kappa shape index (κ3) is 18.6. The molecule has 0 bridgehead atoms. The largest absolute Gasteiger partial charge is 0.412 e. The molecule has 30 heteroatoms. The maximum Gasteiger partial charge on any atom is 0.261 e. The zero-order chi connectivity index (χ0) is 64.6. The second-order valence-corrected chi connectivity index (χ2v) is 31.5. The van der Waals surface area contributed by atoms with Crippen LogP contribution in [0, 0.1) is 0 Å². The summed E-state index contributed by atoms with van der Waals surface area (Å²) in [5, 5.41) is 23.3. The molecule has 12 rings (SSSR count). The number of rotatable bonds is 6. The van der Waals surface area contributed by atoms with Crippen molar-refractivity contribution in [1.29, 1.82) is 0 Å². The number of carbonyl (C=O) groups excluding carboxylic acids is 4. The van der Waals surface area contributed by atoms with E-state index in [1.54, 1.807) is 60.7 Å². The Morgan fingerprint density at radius 2 is 0.567 bits per heavy atom. The van der Waals surface area contributed by atoms with Gasteiger partial charge in [0, 0.05) is 80.1 Å². The summed E-state index contributed by atoms with van der Waals surface area (Å²) in [4.78, 5) is 46.7. The summed E-state index contributed by atoms with van der Waals surface area (Å²) in [6.07, 6.45) is 8.31. The predicted octanol–water partition coefficient (Wildman–Crippen LogP) is 8.28. The zero-order valence-corrected chi connectivity index (χ0v) is 54.2. The highest BCUT2D eigenvalue weighted by Crippen LogP contribution is 2.32. The summed E-state index contributed by atoms with van der Waals surface area (Å²) >= 11 is 0. The molecule has 13 N–H and O–H groups in total. The molecule has 90 heavy (non-hydrogen) atoms. The first kappa shape index (κ1) is 73.7. The van der Waals surface area contributed by atoms with Crippen molar-refractivity contribution in [2.45, 2.75) is 106 Å². The van der Waals surface area contributed by atoms with E-state index in [1.165, 1.54) is 48.5 Å². The molecule has 0 amide bonds. The Kier molecular flexibility index (Phi) is 24.9. The minimum absolute atomic E-state index is 0. The van der Waals surface area contributed by atoms with Crippen molar-refractivity contribution in [2.75, 3.05) is 0 Å². The van der Waals surface area contributed by atoms with E-state index in [1.807, 2.05) is 48.5 Å². The number of carbonyl (C=O) groups is 4. The Morgan fingerprint density at radius 3 is 0.900 bits per heavy atom. The quantitative estimate of drug-likeness (QED) is 0.0977. The summed E-state index contributed by atoms with van der Waals surface area (Å²) in [5.41, 5.74) is 4.33. The molecule has 0 aromatic heterocycles. The second kappa shape index (κ2) is 30.4. The fourth-order valence-corrected chi connectivity index (χ4v) is 15.9. The molecule has 8 aromatic carbocycles. The van der Waals surface area contributed by atoms with Gasteiger partial charge in [0.2, 0.25) is 40.1 Å². The minimum Gasteiger partial charge on any atom is -0.412 e. The van der Waals surface area contributed by atoms with Crippen LogP contribution in [0.2, 0.25) is 0 Å². The van der Waals surface area contributed by atoms with Gasteiger partial charge in [0.25, 0.3) is 18.1 Å². The summed E-state index contributed by atoms with van der Waals surface area (Å²) in [5.74, 6) is -1.14. The van der Waals surface area contributed by atoms with Gasteiger partial charge in [-0.2, -0.15) is 0 Å². The second-order valence-electron chi connectivity index (χ2n) is 20.3. The number of aryl methyl sites for hydroxylation is 2. The molecule has 4 aliphatic rings. The third-order valence-corrected chi connectivity index (χ3v) is 21.0. The van der Waals surface area contributed by atoms with Gasteiger partial charge < -0.3 is 11.6 Å². The number of benzene rings is 8. The van der Waals surface area contributed by atoms with Crippen LogP contribution in [0.3, 0.4) is 0 Å². The number of hydrogen-bond donors (Lipinski definition) is 5. The lowest BCUT2D eigenvalue weighted by atomic mass is 9.90. The van der Waals surface area contributed by atoms with Gasteiger partial charge in [0.1, 0.15) is 0 Å². The molecular formula is C60H63Cl2N5O17S6.